The minimum Gasteiger partial charge on any atom is -0.492 e. The highest BCUT2D eigenvalue weighted by Crippen LogP contribution is 2.49. The number of piperidine rings is 5. The second kappa shape index (κ2) is 43.3. The molecule has 19 rings (SSSR count). The number of fused-ring (bicyclic) bond motifs is 4. The molecule has 2 spiro atoms. The topological polar surface area (TPSA) is 205 Å². The molecule has 3 N–H and O–H groups in total. The van der Waals surface area contributed by atoms with Crippen LogP contribution in [0.4, 0.5) is 32.8 Å². The molecule has 704 valence electrons. The van der Waals surface area contributed by atoms with E-state index in [-0.39, 0.29) is 67.6 Å². The number of aromatic nitrogens is 5. The smallest absolute Gasteiger partial charge is 0.271 e. The molecular weight excluding hydrogens is 1770 g/mol. The van der Waals surface area contributed by atoms with Crippen molar-refractivity contribution in [2.45, 2.75) is 236 Å². The van der Waals surface area contributed by atoms with Crippen LogP contribution in [0.15, 0.2) is 213 Å². The summed E-state index contributed by atoms with van der Waals surface area (Å²) in [5.41, 5.74) is 8.86. The van der Waals surface area contributed by atoms with Gasteiger partial charge in [-0.25, -0.2) is 4.39 Å². The van der Waals surface area contributed by atoms with Crippen LogP contribution in [0.1, 0.15) is 208 Å². The molecule has 20 nitrogen and oxygen atoms in total. The third kappa shape index (κ3) is 22.2. The van der Waals surface area contributed by atoms with Crippen LogP contribution < -0.4 is 57.0 Å². The number of para-hydroxylation sites is 1. The summed E-state index contributed by atoms with van der Waals surface area (Å²) in [4.78, 5) is 73.5. The summed E-state index contributed by atoms with van der Waals surface area (Å²) in [5, 5.41) is 32.7. The van der Waals surface area contributed by atoms with E-state index in [0.29, 0.717) is 82.1 Å². The number of ether oxygens (including phenoxy) is 2. The lowest BCUT2D eigenvalue weighted by Gasteiger charge is -2.42. The zero-order valence-corrected chi connectivity index (χ0v) is 80.7. The third-order valence-corrected chi connectivity index (χ3v) is 30.7. The van der Waals surface area contributed by atoms with E-state index in [2.05, 4.69) is 99.9 Å². The Morgan fingerprint density at radius 1 is 0.432 bits per heavy atom. The van der Waals surface area contributed by atoms with Gasteiger partial charge in [0.05, 0.1) is 65.1 Å². The van der Waals surface area contributed by atoms with Gasteiger partial charge in [-0.3, -0.25) is 24.0 Å². The van der Waals surface area contributed by atoms with Crippen molar-refractivity contribution in [3.05, 3.63) is 310 Å². The van der Waals surface area contributed by atoms with E-state index in [1.165, 1.54) is 54.0 Å². The maximum absolute atomic E-state index is 14.7. The van der Waals surface area contributed by atoms with Gasteiger partial charge in [0.2, 0.25) is 0 Å². The maximum Gasteiger partial charge on any atom is 0.271 e. The Hall–Kier alpha value is -9.13. The first-order valence-corrected chi connectivity index (χ1v) is 49.7. The van der Waals surface area contributed by atoms with Gasteiger partial charge in [0, 0.05) is 146 Å². The fourth-order valence-corrected chi connectivity index (χ4v) is 21.5. The highest BCUT2D eigenvalue weighted by molar-refractivity contribution is 6.34. The van der Waals surface area contributed by atoms with Crippen molar-refractivity contribution in [1.82, 2.24) is 22.8 Å². The monoisotopic (exact) mass is 1890 g/mol. The fraction of sp³-hybridized carbons (Fsp3) is 0.481. The van der Waals surface area contributed by atoms with Gasteiger partial charge in [-0.2, -0.15) is 0 Å². The van der Waals surface area contributed by atoms with Gasteiger partial charge in [-0.05, 0) is 217 Å². The molecule has 7 fully saturated rings. The number of aliphatic hydroxyl groups is 3. The number of anilines is 5. The lowest BCUT2D eigenvalue weighted by atomic mass is 9.73. The lowest BCUT2D eigenvalue weighted by molar-refractivity contribution is -0.0551. The van der Waals surface area contributed by atoms with Crippen LogP contribution in [-0.2, 0) is 71.7 Å². The van der Waals surface area contributed by atoms with Crippen molar-refractivity contribution >= 4 is 86.4 Å². The minimum absolute atomic E-state index is 0.0764. The first kappa shape index (κ1) is 97.4. The van der Waals surface area contributed by atoms with Crippen molar-refractivity contribution in [2.75, 3.05) is 103 Å². The van der Waals surface area contributed by atoms with Gasteiger partial charge in [0.1, 0.15) is 36.7 Å². The summed E-state index contributed by atoms with van der Waals surface area (Å²) in [6.07, 6.45) is 28.6. The molecule has 12 heterocycles. The lowest BCUT2D eigenvalue weighted by Crippen LogP contribution is -2.45. The van der Waals surface area contributed by atoms with Crippen LogP contribution in [-0.4, -0.2) is 117 Å². The number of unbranched alkanes of at least 4 members (excludes halogenated alkanes) is 3. The molecule has 7 aliphatic heterocycles. The summed E-state index contributed by atoms with van der Waals surface area (Å²) in [6, 6.07) is 51.8. The second-order valence-electron chi connectivity index (χ2n) is 38.1. The molecule has 5 aromatic carbocycles. The zero-order valence-electron chi connectivity index (χ0n) is 76.9. The molecule has 0 radical (unpaired) electrons. The molecule has 0 amide bonds. The molecule has 26 heteroatoms. The Bertz CT molecular complexity index is 5770. The molecule has 10 aromatic rings. The second-order valence-corrected chi connectivity index (χ2v) is 40.0. The number of hydrogen-bond acceptors (Lipinski definition) is 15. The summed E-state index contributed by atoms with van der Waals surface area (Å²) in [6.45, 7) is 22.7. The number of aryl methyl sites for hydroxylation is 3. The van der Waals surface area contributed by atoms with Gasteiger partial charge in [0.25, 0.3) is 27.8 Å². The molecule has 0 atom stereocenters. The Morgan fingerprint density at radius 2 is 0.811 bits per heavy atom. The van der Waals surface area contributed by atoms with Gasteiger partial charge < -0.3 is 72.1 Å². The molecule has 2 aliphatic carbocycles. The normalized spacial score (nSPS) is 18.2. The Labute approximate surface area is 800 Å². The number of hydrogen-bond donors (Lipinski definition) is 3. The van der Waals surface area contributed by atoms with Crippen molar-refractivity contribution in [3.8, 4) is 5.75 Å². The van der Waals surface area contributed by atoms with Crippen molar-refractivity contribution < 1.29 is 29.2 Å². The van der Waals surface area contributed by atoms with Gasteiger partial charge in [-0.15, -0.1) is 0 Å². The fourth-order valence-electron chi connectivity index (χ4n) is 20.0. The average molecular weight is 1900 g/mol. The predicted molar refractivity (Wildman–Crippen MR) is 532 cm³/mol. The molecule has 9 aliphatic rings. The van der Waals surface area contributed by atoms with Crippen molar-refractivity contribution in [3.63, 3.8) is 0 Å². The highest BCUT2D eigenvalue weighted by Gasteiger charge is 2.46. The first-order chi connectivity index (χ1) is 63.7. The molecule has 132 heavy (non-hydrogen) atoms. The van der Waals surface area contributed by atoms with Crippen LogP contribution in [0.2, 0.25) is 25.1 Å². The van der Waals surface area contributed by atoms with Crippen molar-refractivity contribution in [2.24, 2.45) is 11.8 Å². The van der Waals surface area contributed by atoms with Gasteiger partial charge in [0.15, 0.2) is 0 Å². The van der Waals surface area contributed by atoms with E-state index in [4.69, 9.17) is 67.5 Å². The Kier molecular flexibility index (Phi) is 31.9. The van der Waals surface area contributed by atoms with Crippen LogP contribution in [0.5, 0.6) is 5.75 Å². The van der Waals surface area contributed by atoms with E-state index in [1.807, 2.05) is 116 Å². The number of aliphatic hydroxyl groups excluding tert-OH is 1. The maximum atomic E-state index is 14.7. The largest absolute Gasteiger partial charge is 0.492 e. The quantitative estimate of drug-likeness (QED) is 0.0545. The number of benzene rings is 5. The molecule has 5 saturated heterocycles. The summed E-state index contributed by atoms with van der Waals surface area (Å²) < 4.78 is 35.4. The summed E-state index contributed by atoms with van der Waals surface area (Å²) >= 11 is 32.1. The third-order valence-electron chi connectivity index (χ3n) is 28.9. The van der Waals surface area contributed by atoms with E-state index in [0.717, 1.165) is 215 Å². The predicted octanol–water partition coefficient (Wildman–Crippen LogP) is 20.5. The van der Waals surface area contributed by atoms with Crippen LogP contribution in [0.3, 0.4) is 0 Å². The number of rotatable bonds is 23. The molecule has 5 aromatic heterocycles. The molecule has 0 bridgehead atoms. The minimum atomic E-state index is -1.06. The van der Waals surface area contributed by atoms with E-state index in [1.54, 1.807) is 48.8 Å². The zero-order chi connectivity index (χ0) is 93.1. The molecular formula is C106H128Cl5FN10O10. The number of halogens is 6. The van der Waals surface area contributed by atoms with E-state index in [9.17, 15) is 43.7 Å². The number of pyridine rings is 5. The van der Waals surface area contributed by atoms with Crippen LogP contribution in [0.25, 0.3) is 0 Å². The average Bonchev–Trinajstić information content (AvgIpc) is 1.57. The van der Waals surface area contributed by atoms with Gasteiger partial charge in [-0.1, -0.05) is 213 Å². The molecule has 0 unspecified atom stereocenters. The van der Waals surface area contributed by atoms with E-state index >= 15 is 0 Å². The van der Waals surface area contributed by atoms with Crippen LogP contribution in [0, 0.1) is 17.7 Å². The van der Waals surface area contributed by atoms with Crippen LogP contribution >= 0.6 is 58.0 Å². The SMILES string of the molecule is CCCCn1ccc(N2CCC(c3ccc(C(C)(C)O)cc3F)CC2)c(Cl)c1=O.CCCCn1ccc(N2CCC3(CC2)COc2ccccc23)c(Cl)c1=O.CCCCn1ccc(N2CCC3(CC2)OCc2ccccc23)c(Cl)c1=O.O=c1c(Cl)c(N2CCC(CO)(c3ccccc3)CC2)ccn1CC1CC1.O=c1c(Cl)c(N2CCC(O)(c3ccccc3)CC2)ccn1CC1CC1. The van der Waals surface area contributed by atoms with Gasteiger partial charge >= 0.3 is 0 Å². The molecule has 2 saturated carbocycles. The summed E-state index contributed by atoms with van der Waals surface area (Å²) in [5.74, 6) is 2.15. The highest BCUT2D eigenvalue weighted by atomic mass is 35.5. The van der Waals surface area contributed by atoms with E-state index < -0.39 is 11.2 Å². The summed E-state index contributed by atoms with van der Waals surface area (Å²) in [7, 11) is 0. The first-order valence-electron chi connectivity index (χ1n) is 47.8. The van der Waals surface area contributed by atoms with Crippen molar-refractivity contribution in [1.29, 1.82) is 0 Å². The Morgan fingerprint density at radius 3 is 1.23 bits per heavy atom. The standard InChI is InChI=1S/C23H30ClFN2O2.3C21H25ClN2O2.C20H23ClN2O2/c1-4-5-11-27-14-10-20(21(24)22(27)28)26-12-8-16(9-13-26)18-7-6-17(15-19(18)25)23(2,3)29;1-2-3-11-24-12-8-17(19(22)20(24)25)23-13-9-21(10-14-23)15-26-18-7-5-4-6-16(18)21;1-2-3-11-24-12-8-18(19(22)20(24)25)23-13-9-21(10-14-23)17-7-5-4-6-16(17)15-26-21;22-19-18(8-11-24(20(19)26)14-16-6-7-16)23-12-9-21(15-25,10-13-23)17-4-2-1-3-5-17;21-18-17(8-11-23(19(18)24)14-15-6-7-15)22-12-9-20(25,10-13-22)16-4-2-1-3-5-16/h6-7,10,14-16,29H,4-5,8-9,11-13H2,1-3H3;2*4-8,12H,2-3,9-11,13-15H2,1H3;1-5,8,11,16,25H,6-7,9-10,12-15H2;1-5,8,11,15,25H,6-7,9-10,12-14H2. The number of nitrogens with zero attached hydrogens (tertiary/aromatic N) is 10. The Balaban J connectivity index is 0.000000126.